The first-order valence-corrected chi connectivity index (χ1v) is 11.7. The number of aryl methyl sites for hydroxylation is 2. The van der Waals surface area contributed by atoms with E-state index in [9.17, 15) is 0 Å². The molecule has 0 aromatic carbocycles. The third-order valence-electron chi connectivity index (χ3n) is 6.30. The van der Waals surface area contributed by atoms with Crippen LogP contribution in [0.5, 0.6) is 0 Å². The van der Waals surface area contributed by atoms with Crippen molar-refractivity contribution in [3.8, 4) is 0 Å². The summed E-state index contributed by atoms with van der Waals surface area (Å²) in [6.45, 7) is 3.47. The van der Waals surface area contributed by atoms with Crippen molar-refractivity contribution in [3.63, 3.8) is 0 Å². The van der Waals surface area contributed by atoms with Crippen molar-refractivity contribution in [2.45, 2.75) is 95.4 Å². The van der Waals surface area contributed by atoms with Crippen molar-refractivity contribution < 1.29 is 4.57 Å². The van der Waals surface area contributed by atoms with Crippen molar-refractivity contribution in [2.75, 3.05) is 6.16 Å². The Morgan fingerprint density at radius 3 is 2.04 bits per heavy atom. The van der Waals surface area contributed by atoms with Gasteiger partial charge in [0.1, 0.15) is 12.4 Å². The highest BCUT2D eigenvalue weighted by Gasteiger charge is 2.30. The van der Waals surface area contributed by atoms with E-state index in [-0.39, 0.29) is 7.92 Å². The van der Waals surface area contributed by atoms with E-state index in [1.54, 1.807) is 25.7 Å². The van der Waals surface area contributed by atoms with E-state index in [0.29, 0.717) is 0 Å². The molecule has 2 saturated carbocycles. The molecule has 0 radical (unpaired) electrons. The Balaban J connectivity index is 1.57. The van der Waals surface area contributed by atoms with Gasteiger partial charge in [-0.2, -0.15) is 0 Å². The van der Waals surface area contributed by atoms with Crippen molar-refractivity contribution in [1.82, 2.24) is 4.57 Å². The summed E-state index contributed by atoms with van der Waals surface area (Å²) in [5.74, 6) is 1.39. The van der Waals surface area contributed by atoms with Gasteiger partial charge in [0, 0.05) is 6.92 Å². The summed E-state index contributed by atoms with van der Waals surface area (Å²) >= 11 is 0. The van der Waals surface area contributed by atoms with Gasteiger partial charge >= 0.3 is 0 Å². The zero-order valence-electron chi connectivity index (χ0n) is 15.3. The lowest BCUT2D eigenvalue weighted by Gasteiger charge is -2.38. The molecule has 2 nitrogen and oxygen atoms in total. The highest BCUT2D eigenvalue weighted by Crippen LogP contribution is 2.55. The van der Waals surface area contributed by atoms with Gasteiger partial charge in [0.25, 0.3) is 5.82 Å². The molecule has 0 unspecified atom stereocenters. The summed E-state index contributed by atoms with van der Waals surface area (Å²) < 4.78 is 4.69. The summed E-state index contributed by atoms with van der Waals surface area (Å²) in [5.41, 5.74) is 2.23. The largest absolute Gasteiger partial charge is 0.253 e. The molecule has 0 atom stereocenters. The summed E-state index contributed by atoms with van der Waals surface area (Å²) in [5, 5.41) is 0. The number of aromatic nitrogens is 2. The highest BCUT2D eigenvalue weighted by atomic mass is 31.1. The average Bonchev–Trinajstić information content (AvgIpc) is 2.92. The van der Waals surface area contributed by atoms with Gasteiger partial charge in [-0.3, -0.25) is 0 Å². The Bertz CT molecular complexity index is 452. The molecule has 0 bridgehead atoms. The zero-order valence-corrected chi connectivity index (χ0v) is 16.2. The maximum Gasteiger partial charge on any atom is 0.253 e. The van der Waals surface area contributed by atoms with Crippen LogP contribution in [-0.2, 0) is 13.6 Å². The lowest BCUT2D eigenvalue weighted by atomic mass is 9.99. The molecule has 2 aliphatic carbocycles. The maximum atomic E-state index is 2.45. The van der Waals surface area contributed by atoms with Gasteiger partial charge in [-0.1, -0.05) is 38.5 Å². The van der Waals surface area contributed by atoms with E-state index in [2.05, 4.69) is 35.5 Å². The minimum atomic E-state index is 0.284. The number of hydrogen-bond acceptors (Lipinski definition) is 0. The minimum absolute atomic E-state index is 0.284. The molecule has 3 heteroatoms. The van der Waals surface area contributed by atoms with Gasteiger partial charge in [0.2, 0.25) is 0 Å². The van der Waals surface area contributed by atoms with Crippen LogP contribution in [0.2, 0.25) is 0 Å². The predicted molar refractivity (Wildman–Crippen MR) is 100 cm³/mol. The number of imidazole rings is 1. The molecule has 0 spiro atoms. The Labute approximate surface area is 144 Å². The van der Waals surface area contributed by atoms with E-state index in [1.165, 1.54) is 63.5 Å². The van der Waals surface area contributed by atoms with Gasteiger partial charge in [-0.05, 0) is 49.6 Å². The SMILES string of the molecule is Cc1n(CCCP(C2CCCCC2)C2CCCCC2)cc[n+]1C. The van der Waals surface area contributed by atoms with Gasteiger partial charge in [-0.15, -0.1) is 7.92 Å². The van der Waals surface area contributed by atoms with E-state index < -0.39 is 0 Å². The molecule has 0 N–H and O–H groups in total. The van der Waals surface area contributed by atoms with Crippen LogP contribution >= 0.6 is 7.92 Å². The Kier molecular flexibility index (Phi) is 6.57. The van der Waals surface area contributed by atoms with Gasteiger partial charge in [-0.25, -0.2) is 9.13 Å². The molecule has 0 amide bonds. The van der Waals surface area contributed by atoms with Crippen LogP contribution in [0.1, 0.15) is 76.5 Å². The molecular formula is C20H36N2P+. The van der Waals surface area contributed by atoms with E-state index in [1.807, 2.05) is 0 Å². The van der Waals surface area contributed by atoms with Crippen molar-refractivity contribution in [1.29, 1.82) is 0 Å². The highest BCUT2D eigenvalue weighted by molar-refractivity contribution is 7.59. The third-order valence-corrected chi connectivity index (χ3v) is 10.0. The summed E-state index contributed by atoms with van der Waals surface area (Å²) in [7, 11) is 2.44. The summed E-state index contributed by atoms with van der Waals surface area (Å²) in [4.78, 5) is 0. The Hall–Kier alpha value is -0.360. The molecule has 1 heterocycles. The molecule has 0 aliphatic heterocycles. The Morgan fingerprint density at radius 2 is 1.57 bits per heavy atom. The molecule has 130 valence electrons. The minimum Gasteiger partial charge on any atom is -0.237 e. The monoisotopic (exact) mass is 335 g/mol. The molecular weight excluding hydrogens is 299 g/mol. The van der Waals surface area contributed by atoms with Crippen LogP contribution < -0.4 is 4.57 Å². The van der Waals surface area contributed by atoms with Gasteiger partial charge in [0.05, 0.1) is 13.6 Å². The number of rotatable bonds is 6. The Morgan fingerprint density at radius 1 is 1.00 bits per heavy atom. The predicted octanol–water partition coefficient (Wildman–Crippen LogP) is 5.16. The van der Waals surface area contributed by atoms with Crippen LogP contribution in [0.4, 0.5) is 0 Å². The average molecular weight is 335 g/mol. The third kappa shape index (κ3) is 4.59. The molecule has 2 aliphatic rings. The van der Waals surface area contributed by atoms with E-state index in [0.717, 1.165) is 11.3 Å². The van der Waals surface area contributed by atoms with Crippen molar-refractivity contribution in [3.05, 3.63) is 18.2 Å². The van der Waals surface area contributed by atoms with Crippen molar-refractivity contribution >= 4 is 7.92 Å². The van der Waals surface area contributed by atoms with Gasteiger partial charge < -0.3 is 0 Å². The summed E-state index contributed by atoms with van der Waals surface area (Å²) in [6, 6.07) is 0. The molecule has 3 rings (SSSR count). The molecule has 1 aromatic heterocycles. The van der Waals surface area contributed by atoms with Crippen LogP contribution in [0.25, 0.3) is 0 Å². The van der Waals surface area contributed by atoms with Crippen LogP contribution in [0.15, 0.2) is 12.4 Å². The lowest BCUT2D eigenvalue weighted by molar-refractivity contribution is -0.677. The molecule has 0 saturated heterocycles. The fourth-order valence-electron chi connectivity index (χ4n) is 4.75. The van der Waals surface area contributed by atoms with Gasteiger partial charge in [0.15, 0.2) is 0 Å². The first-order valence-electron chi connectivity index (χ1n) is 10.0. The smallest absolute Gasteiger partial charge is 0.237 e. The quantitative estimate of drug-likeness (QED) is 0.502. The fraction of sp³-hybridized carbons (Fsp3) is 0.850. The van der Waals surface area contributed by atoms with Crippen LogP contribution in [0.3, 0.4) is 0 Å². The van der Waals surface area contributed by atoms with Crippen molar-refractivity contribution in [2.24, 2.45) is 7.05 Å². The van der Waals surface area contributed by atoms with Crippen LogP contribution in [-0.4, -0.2) is 22.0 Å². The summed E-state index contributed by atoms with van der Waals surface area (Å²) in [6.07, 6.45) is 22.7. The van der Waals surface area contributed by atoms with Crippen LogP contribution in [0, 0.1) is 6.92 Å². The first kappa shape index (κ1) is 17.5. The number of hydrogen-bond donors (Lipinski definition) is 0. The zero-order chi connectivity index (χ0) is 16.1. The molecule has 1 aromatic rings. The second-order valence-corrected chi connectivity index (χ2v) is 10.8. The molecule has 23 heavy (non-hydrogen) atoms. The number of nitrogens with zero attached hydrogens (tertiary/aromatic N) is 2. The topological polar surface area (TPSA) is 8.81 Å². The van der Waals surface area contributed by atoms with E-state index in [4.69, 9.17) is 0 Å². The second-order valence-electron chi connectivity index (χ2n) is 7.82. The second kappa shape index (κ2) is 8.65. The lowest BCUT2D eigenvalue weighted by Crippen LogP contribution is -2.29. The normalized spacial score (nSPS) is 21.2. The first-order chi connectivity index (χ1) is 11.3. The van der Waals surface area contributed by atoms with E-state index >= 15 is 0 Å². The fourth-order valence-corrected chi connectivity index (χ4v) is 8.64. The molecule has 2 fully saturated rings. The standard InChI is InChI=1S/C20H36N2P/c1-18-21(2)15-16-22(18)14-9-17-23(19-10-5-3-6-11-19)20-12-7-4-8-13-20/h15-16,19-20H,3-14,17H2,1-2H3/q+1. The maximum absolute atomic E-state index is 2.45.